The van der Waals surface area contributed by atoms with Gasteiger partial charge in [0.2, 0.25) is 0 Å². The van der Waals surface area contributed by atoms with Crippen LogP contribution in [-0.2, 0) is 4.74 Å². The van der Waals surface area contributed by atoms with Gasteiger partial charge in [-0.1, -0.05) is 18.2 Å². The highest BCUT2D eigenvalue weighted by molar-refractivity contribution is 5.95. The average molecular weight is 508 g/mol. The van der Waals surface area contributed by atoms with Crippen LogP contribution in [0.15, 0.2) is 53.5 Å². The minimum Gasteiger partial charge on any atom is -0.491 e. The molecule has 0 saturated carbocycles. The van der Waals surface area contributed by atoms with Crippen LogP contribution in [0.4, 0.5) is 13.2 Å². The molecule has 194 valence electrons. The number of rotatable bonds is 9. The lowest BCUT2D eigenvalue weighted by molar-refractivity contribution is -0.0539. The van der Waals surface area contributed by atoms with Crippen molar-refractivity contribution in [1.29, 1.82) is 0 Å². The van der Waals surface area contributed by atoms with Gasteiger partial charge in [0.15, 0.2) is 0 Å². The monoisotopic (exact) mass is 508 g/mol. The summed E-state index contributed by atoms with van der Waals surface area (Å²) in [5, 5.41) is 11.7. The van der Waals surface area contributed by atoms with Gasteiger partial charge < -0.3 is 30.5 Å². The van der Waals surface area contributed by atoms with Crippen molar-refractivity contribution in [3.8, 4) is 5.75 Å². The molecule has 1 unspecified atom stereocenters. The number of morpholine rings is 1. The Morgan fingerprint density at radius 3 is 2.69 bits per heavy atom. The highest BCUT2D eigenvalue weighted by atomic mass is 19.4. The number of halogens is 3. The second kappa shape index (κ2) is 12.5. The third-order valence-corrected chi connectivity index (χ3v) is 5.32. The molecule has 9 nitrogen and oxygen atoms in total. The number of aliphatic imine (C=N–C) groups is 1. The van der Waals surface area contributed by atoms with Gasteiger partial charge >= 0.3 is 6.18 Å². The van der Waals surface area contributed by atoms with Crippen LogP contribution >= 0.6 is 0 Å². The number of hydrogen-bond acceptors (Lipinski definition) is 7. The Balaban J connectivity index is 1.60. The number of amides is 2. The van der Waals surface area contributed by atoms with Gasteiger partial charge in [-0.2, -0.15) is 13.2 Å². The molecule has 2 amide bonds. The van der Waals surface area contributed by atoms with Crippen LogP contribution < -0.4 is 15.8 Å². The van der Waals surface area contributed by atoms with E-state index in [0.717, 1.165) is 0 Å². The number of hydrogen-bond donors (Lipinski definition) is 3. The van der Waals surface area contributed by atoms with Crippen molar-refractivity contribution in [3.05, 3.63) is 65.2 Å². The van der Waals surface area contributed by atoms with E-state index in [-0.39, 0.29) is 44.1 Å². The highest BCUT2D eigenvalue weighted by Crippen LogP contribution is 2.19. The molecule has 0 aliphatic carbocycles. The van der Waals surface area contributed by atoms with E-state index in [9.17, 15) is 22.8 Å². The Labute approximate surface area is 205 Å². The van der Waals surface area contributed by atoms with Gasteiger partial charge in [0.05, 0.1) is 25.9 Å². The lowest BCUT2D eigenvalue weighted by atomic mass is 10.1. The first-order valence-corrected chi connectivity index (χ1v) is 11.1. The lowest BCUT2D eigenvalue weighted by Crippen LogP contribution is -2.53. The van der Waals surface area contributed by atoms with Gasteiger partial charge in [-0.15, -0.1) is 0 Å². The zero-order chi connectivity index (χ0) is 26.1. The number of aliphatic hydroxyl groups excluding tert-OH is 1. The summed E-state index contributed by atoms with van der Waals surface area (Å²) in [4.78, 5) is 30.6. The maximum absolute atomic E-state index is 13.1. The van der Waals surface area contributed by atoms with Crippen molar-refractivity contribution in [2.75, 3.05) is 39.5 Å². The smallest absolute Gasteiger partial charge is 0.426 e. The summed E-state index contributed by atoms with van der Waals surface area (Å²) in [7, 11) is 0. The highest BCUT2D eigenvalue weighted by Gasteiger charge is 2.29. The van der Waals surface area contributed by atoms with Gasteiger partial charge in [0.1, 0.15) is 24.7 Å². The summed E-state index contributed by atoms with van der Waals surface area (Å²) in [5.41, 5.74) is 6.63. The summed E-state index contributed by atoms with van der Waals surface area (Å²) in [6.45, 7) is 1.02. The number of carbonyl (C=O) groups is 2. The molecule has 1 aliphatic heterocycles. The van der Waals surface area contributed by atoms with Gasteiger partial charge in [0.25, 0.3) is 11.8 Å². The molecule has 1 heterocycles. The molecule has 12 heteroatoms. The first-order chi connectivity index (χ1) is 17.2. The largest absolute Gasteiger partial charge is 0.491 e. The van der Waals surface area contributed by atoms with Crippen LogP contribution in [-0.4, -0.2) is 79.8 Å². The molecule has 2 atom stereocenters. The normalized spacial score (nSPS) is 17.1. The van der Waals surface area contributed by atoms with Crippen LogP contribution in [0, 0.1) is 0 Å². The van der Waals surface area contributed by atoms with Crippen LogP contribution in [0.5, 0.6) is 5.75 Å². The van der Waals surface area contributed by atoms with Crippen molar-refractivity contribution in [2.24, 2.45) is 10.7 Å². The summed E-state index contributed by atoms with van der Waals surface area (Å²) >= 11 is 0. The molecule has 4 N–H and O–H groups in total. The lowest BCUT2D eigenvalue weighted by Gasteiger charge is -2.35. The van der Waals surface area contributed by atoms with E-state index >= 15 is 0 Å². The number of alkyl halides is 3. The van der Waals surface area contributed by atoms with Crippen molar-refractivity contribution in [3.63, 3.8) is 0 Å². The van der Waals surface area contributed by atoms with E-state index in [4.69, 9.17) is 20.3 Å². The Hall–Kier alpha value is -3.48. The van der Waals surface area contributed by atoms with Crippen LogP contribution in [0.2, 0.25) is 0 Å². The van der Waals surface area contributed by atoms with Crippen molar-refractivity contribution >= 4 is 18.0 Å². The molecule has 0 radical (unpaired) electrons. The fourth-order valence-corrected chi connectivity index (χ4v) is 3.53. The Bertz CT molecular complexity index is 1060. The molecule has 1 aliphatic rings. The van der Waals surface area contributed by atoms with Crippen LogP contribution in [0.25, 0.3) is 0 Å². The summed E-state index contributed by atoms with van der Waals surface area (Å²) < 4.78 is 47.7. The number of aliphatic hydroxyl groups is 1. The number of carbonyl (C=O) groups excluding carboxylic acids is 2. The van der Waals surface area contributed by atoms with Gasteiger partial charge in [-0.05, 0) is 35.9 Å². The third kappa shape index (κ3) is 7.77. The van der Waals surface area contributed by atoms with Crippen LogP contribution in [0.1, 0.15) is 32.4 Å². The maximum Gasteiger partial charge on any atom is 0.426 e. The molecular formula is C24H27F3N4O5. The molecule has 3 rings (SSSR count). The van der Waals surface area contributed by atoms with E-state index in [1.807, 2.05) is 0 Å². The first kappa shape index (κ1) is 27.1. The fourth-order valence-electron chi connectivity index (χ4n) is 3.53. The van der Waals surface area contributed by atoms with Crippen molar-refractivity contribution < 1.29 is 37.3 Å². The zero-order valence-electron chi connectivity index (χ0n) is 19.3. The predicted molar refractivity (Wildman–Crippen MR) is 125 cm³/mol. The molecule has 2 aromatic carbocycles. The Kier molecular flexibility index (Phi) is 9.39. The van der Waals surface area contributed by atoms with E-state index in [1.165, 1.54) is 24.3 Å². The summed E-state index contributed by atoms with van der Waals surface area (Å²) in [6, 6.07) is 11.9. The zero-order valence-corrected chi connectivity index (χ0v) is 19.3. The minimum absolute atomic E-state index is 0.109. The first-order valence-electron chi connectivity index (χ1n) is 11.1. The van der Waals surface area contributed by atoms with Gasteiger partial charge in [-0.3, -0.25) is 14.6 Å². The number of nitrogens with two attached hydrogens (primary N) is 1. The fraction of sp³-hybridized carbons (Fsp3) is 0.375. The SMILES string of the molecule is NC(N=CC(F)(F)F)c1ccc(C(=O)NC[C@H]2COCCN2C(=O)c2cccc(OCCO)c2)cc1. The average Bonchev–Trinajstić information content (AvgIpc) is 2.88. The number of nitrogens with one attached hydrogen (secondary N) is 1. The molecule has 1 fully saturated rings. The Morgan fingerprint density at radius 1 is 1.25 bits per heavy atom. The van der Waals surface area contributed by atoms with Gasteiger partial charge in [-0.25, -0.2) is 0 Å². The van der Waals surface area contributed by atoms with E-state index in [0.29, 0.717) is 30.0 Å². The predicted octanol–water partition coefficient (Wildman–Crippen LogP) is 1.92. The molecule has 0 aromatic heterocycles. The molecule has 1 saturated heterocycles. The van der Waals surface area contributed by atoms with E-state index in [1.54, 1.807) is 29.2 Å². The quantitative estimate of drug-likeness (QED) is 0.445. The van der Waals surface area contributed by atoms with Crippen LogP contribution in [0.3, 0.4) is 0 Å². The van der Waals surface area contributed by atoms with Crippen molar-refractivity contribution in [1.82, 2.24) is 10.2 Å². The number of ether oxygens (including phenoxy) is 2. The number of benzene rings is 2. The maximum atomic E-state index is 13.1. The number of nitrogens with zero attached hydrogens (tertiary/aromatic N) is 2. The summed E-state index contributed by atoms with van der Waals surface area (Å²) in [6.07, 6.45) is -5.95. The van der Waals surface area contributed by atoms with Crippen molar-refractivity contribution in [2.45, 2.75) is 18.4 Å². The van der Waals surface area contributed by atoms with E-state index in [2.05, 4.69) is 10.3 Å². The molecule has 36 heavy (non-hydrogen) atoms. The minimum atomic E-state index is -4.56. The molecular weight excluding hydrogens is 481 g/mol. The molecule has 2 aromatic rings. The van der Waals surface area contributed by atoms with Gasteiger partial charge in [0, 0.05) is 24.2 Å². The standard InChI is InChI=1S/C24H27F3N4O5/c25-24(26,27)15-30-21(28)16-4-6-17(7-5-16)22(33)29-13-19-14-35-10-8-31(19)23(34)18-2-1-3-20(12-18)36-11-9-32/h1-7,12,15,19,21,32H,8-11,13-14,28H2,(H,29,33)/t19-,21?/m0/s1. The summed E-state index contributed by atoms with van der Waals surface area (Å²) in [5.74, 6) is -0.212. The Morgan fingerprint density at radius 2 is 2.00 bits per heavy atom. The third-order valence-electron chi connectivity index (χ3n) is 5.32. The second-order valence-electron chi connectivity index (χ2n) is 7.92. The van der Waals surface area contributed by atoms with E-state index < -0.39 is 24.3 Å². The topological polar surface area (TPSA) is 126 Å². The second-order valence-corrected chi connectivity index (χ2v) is 7.92. The molecule has 0 bridgehead atoms. The molecule has 0 spiro atoms.